The summed E-state index contributed by atoms with van der Waals surface area (Å²) in [6, 6.07) is 14.0. The van der Waals surface area contributed by atoms with Gasteiger partial charge in [0.25, 0.3) is 6.47 Å². The van der Waals surface area contributed by atoms with Gasteiger partial charge in [-0.15, -0.1) is 0 Å². The van der Waals surface area contributed by atoms with E-state index in [1.54, 1.807) is 42.6 Å². The average Bonchev–Trinajstić information content (AvgIpc) is 2.64. The number of nitrogens with zero attached hydrogens (tertiary/aromatic N) is 2. The molecule has 0 spiro atoms. The Balaban J connectivity index is 1.88. The molecule has 0 aliphatic rings. The number of hydrogen-bond acceptors (Lipinski definition) is 7. The van der Waals surface area contributed by atoms with E-state index in [4.69, 9.17) is 15.9 Å². The lowest BCUT2D eigenvalue weighted by Gasteiger charge is -2.09. The van der Waals surface area contributed by atoms with E-state index in [9.17, 15) is 4.79 Å². The zero-order valence-electron chi connectivity index (χ0n) is 13.1. The molecule has 4 N–H and O–H groups in total. The number of carbonyl (C=O) groups is 1. The van der Waals surface area contributed by atoms with Crippen molar-refractivity contribution in [3.05, 3.63) is 60.3 Å². The number of aromatic nitrogens is 2. The van der Waals surface area contributed by atoms with Crippen LogP contribution >= 0.6 is 0 Å². The molecule has 0 fully saturated rings. The molecule has 7 heteroatoms. The van der Waals surface area contributed by atoms with Crippen LogP contribution in [0.5, 0.6) is 5.75 Å². The molecule has 3 aromatic rings. The Morgan fingerprint density at radius 3 is 2.84 bits per heavy atom. The van der Waals surface area contributed by atoms with Gasteiger partial charge in [0.1, 0.15) is 11.6 Å². The summed E-state index contributed by atoms with van der Waals surface area (Å²) in [5.41, 5.74) is 8.43. The first-order chi connectivity index (χ1) is 12.2. The molecule has 0 unspecified atom stereocenters. The highest BCUT2D eigenvalue weighted by Crippen LogP contribution is 2.23. The summed E-state index contributed by atoms with van der Waals surface area (Å²) in [7, 11) is 0. The summed E-state index contributed by atoms with van der Waals surface area (Å²) in [5, 5.41) is 10.5. The van der Waals surface area contributed by atoms with Crippen molar-refractivity contribution in [2.45, 2.75) is 0 Å². The second kappa shape index (κ2) is 7.22. The largest absolute Gasteiger partial charge is 0.429 e. The van der Waals surface area contributed by atoms with Crippen LogP contribution in [0.1, 0.15) is 5.56 Å². The van der Waals surface area contributed by atoms with Crippen LogP contribution in [0, 0.1) is 5.41 Å². The van der Waals surface area contributed by atoms with E-state index in [2.05, 4.69) is 15.3 Å². The molecule has 0 aliphatic carbocycles. The third-order valence-corrected chi connectivity index (χ3v) is 3.45. The number of nitrogen functional groups attached to an aromatic ring is 1. The van der Waals surface area contributed by atoms with Crippen molar-refractivity contribution in [3.8, 4) is 17.1 Å². The molecule has 2 aromatic carbocycles. The van der Waals surface area contributed by atoms with Gasteiger partial charge in [-0.25, -0.2) is 9.97 Å². The lowest BCUT2D eigenvalue weighted by Crippen LogP contribution is -1.99. The number of hydrogen-bond donors (Lipinski definition) is 3. The van der Waals surface area contributed by atoms with Crippen molar-refractivity contribution in [1.82, 2.24) is 9.97 Å². The maximum absolute atomic E-state index is 10.5. The Hall–Kier alpha value is -3.74. The molecule has 1 aromatic heterocycles. The highest BCUT2D eigenvalue weighted by molar-refractivity contribution is 5.87. The number of benzene rings is 2. The van der Waals surface area contributed by atoms with Crippen LogP contribution in [0.2, 0.25) is 0 Å². The minimum Gasteiger partial charge on any atom is -0.429 e. The van der Waals surface area contributed by atoms with Gasteiger partial charge in [-0.05, 0) is 36.4 Å². The maximum atomic E-state index is 10.5. The number of carbonyl (C=O) groups excluding carboxylic acids is 1. The molecular formula is C18H15N5O2. The molecule has 3 rings (SSSR count). The molecule has 0 bridgehead atoms. The zero-order valence-corrected chi connectivity index (χ0v) is 13.1. The molecule has 0 saturated heterocycles. The molecule has 0 atom stereocenters. The van der Waals surface area contributed by atoms with Gasteiger partial charge in [-0.2, -0.15) is 0 Å². The first-order valence-corrected chi connectivity index (χ1v) is 7.40. The van der Waals surface area contributed by atoms with Crippen LogP contribution in [0.3, 0.4) is 0 Å². The lowest BCUT2D eigenvalue weighted by molar-refractivity contribution is -0.120. The maximum Gasteiger partial charge on any atom is 0.298 e. The van der Waals surface area contributed by atoms with Crippen LogP contribution in [0.25, 0.3) is 11.4 Å². The Morgan fingerprint density at radius 2 is 2.04 bits per heavy atom. The predicted molar refractivity (Wildman–Crippen MR) is 96.2 cm³/mol. The quantitative estimate of drug-likeness (QED) is 0.363. The molecular weight excluding hydrogens is 318 g/mol. The highest BCUT2D eigenvalue weighted by atomic mass is 16.5. The molecule has 7 nitrogen and oxygen atoms in total. The summed E-state index contributed by atoms with van der Waals surface area (Å²) in [6.07, 6.45) is 2.83. The fourth-order valence-electron chi connectivity index (χ4n) is 2.26. The lowest BCUT2D eigenvalue weighted by atomic mass is 10.1. The Morgan fingerprint density at radius 1 is 1.16 bits per heavy atom. The fourth-order valence-corrected chi connectivity index (χ4v) is 2.26. The van der Waals surface area contributed by atoms with Gasteiger partial charge in [0, 0.05) is 34.9 Å². The van der Waals surface area contributed by atoms with Crippen LogP contribution in [-0.2, 0) is 4.79 Å². The predicted octanol–water partition coefficient (Wildman–Crippen LogP) is 3.00. The molecule has 25 heavy (non-hydrogen) atoms. The van der Waals surface area contributed by atoms with E-state index in [0.717, 1.165) is 11.3 Å². The number of anilines is 3. The Kier molecular flexibility index (Phi) is 4.66. The minimum absolute atomic E-state index is 0.375. The number of rotatable bonds is 6. The minimum atomic E-state index is 0.375. The van der Waals surface area contributed by atoms with Crippen molar-refractivity contribution in [2.75, 3.05) is 11.1 Å². The Labute approximate surface area is 144 Å². The van der Waals surface area contributed by atoms with E-state index in [0.29, 0.717) is 35.1 Å². The summed E-state index contributed by atoms with van der Waals surface area (Å²) in [6.45, 7) is 0.375. The summed E-state index contributed by atoms with van der Waals surface area (Å²) in [5.74, 6) is 1.50. The van der Waals surface area contributed by atoms with Gasteiger partial charge in [-0.1, -0.05) is 12.1 Å². The third kappa shape index (κ3) is 3.78. The van der Waals surface area contributed by atoms with E-state index in [1.165, 1.54) is 6.21 Å². The monoisotopic (exact) mass is 333 g/mol. The summed E-state index contributed by atoms with van der Waals surface area (Å²) in [4.78, 5) is 19.2. The Bertz CT molecular complexity index is 927. The van der Waals surface area contributed by atoms with Crippen molar-refractivity contribution < 1.29 is 9.53 Å². The van der Waals surface area contributed by atoms with E-state index in [1.807, 2.05) is 12.1 Å². The molecule has 0 saturated carbocycles. The van der Waals surface area contributed by atoms with Crippen molar-refractivity contribution in [3.63, 3.8) is 0 Å². The fraction of sp³-hybridized carbons (Fsp3) is 0. The zero-order chi connectivity index (χ0) is 17.6. The molecule has 0 radical (unpaired) electrons. The van der Waals surface area contributed by atoms with Crippen LogP contribution in [-0.4, -0.2) is 22.7 Å². The van der Waals surface area contributed by atoms with Crippen LogP contribution < -0.4 is 15.8 Å². The SMILES string of the molecule is N=Cc1cc(Nc2ccnc(-c3cccc(OC=O)c3)n2)ccc1N. The van der Waals surface area contributed by atoms with Crippen molar-refractivity contribution in [2.24, 2.45) is 0 Å². The van der Waals surface area contributed by atoms with Gasteiger partial charge >= 0.3 is 0 Å². The molecule has 0 aliphatic heterocycles. The smallest absolute Gasteiger partial charge is 0.298 e. The number of ether oxygens (including phenoxy) is 1. The van der Waals surface area contributed by atoms with Gasteiger partial charge in [0.2, 0.25) is 0 Å². The molecule has 0 amide bonds. The summed E-state index contributed by atoms with van der Waals surface area (Å²) < 4.78 is 4.85. The van der Waals surface area contributed by atoms with E-state index in [-0.39, 0.29) is 0 Å². The van der Waals surface area contributed by atoms with Crippen molar-refractivity contribution in [1.29, 1.82) is 5.41 Å². The first kappa shape index (κ1) is 16.1. The standard InChI is InChI=1S/C18H15N5O2/c19-10-13-8-14(4-5-16(13)20)22-17-6-7-21-18(23-17)12-2-1-3-15(9-12)25-11-24/h1-11,19H,20H2,(H,21,22,23). The second-order valence-electron chi connectivity index (χ2n) is 5.12. The third-order valence-electron chi connectivity index (χ3n) is 3.45. The van der Waals surface area contributed by atoms with E-state index < -0.39 is 0 Å². The van der Waals surface area contributed by atoms with Crippen LogP contribution in [0.15, 0.2) is 54.7 Å². The number of nitrogens with one attached hydrogen (secondary N) is 2. The molecule has 1 heterocycles. The highest BCUT2D eigenvalue weighted by Gasteiger charge is 2.06. The second-order valence-corrected chi connectivity index (χ2v) is 5.12. The molecule has 124 valence electrons. The van der Waals surface area contributed by atoms with Gasteiger partial charge < -0.3 is 21.2 Å². The first-order valence-electron chi connectivity index (χ1n) is 7.40. The average molecular weight is 333 g/mol. The van der Waals surface area contributed by atoms with Gasteiger partial charge in [0.15, 0.2) is 5.82 Å². The van der Waals surface area contributed by atoms with E-state index >= 15 is 0 Å². The topological polar surface area (TPSA) is 114 Å². The van der Waals surface area contributed by atoms with Crippen LogP contribution in [0.4, 0.5) is 17.2 Å². The van der Waals surface area contributed by atoms with Gasteiger partial charge in [0.05, 0.1) is 0 Å². The summed E-state index contributed by atoms with van der Waals surface area (Å²) >= 11 is 0. The van der Waals surface area contributed by atoms with Crippen molar-refractivity contribution >= 4 is 29.9 Å². The van der Waals surface area contributed by atoms with Gasteiger partial charge in [-0.3, -0.25) is 4.79 Å². The number of nitrogens with two attached hydrogens (primary N) is 1. The normalized spacial score (nSPS) is 10.1.